The van der Waals surface area contributed by atoms with Gasteiger partial charge in [0.15, 0.2) is 0 Å². The van der Waals surface area contributed by atoms with Crippen LogP contribution in [0.4, 0.5) is 0 Å². The van der Waals surface area contributed by atoms with Crippen molar-refractivity contribution in [1.82, 2.24) is 10.4 Å². The van der Waals surface area contributed by atoms with Crippen molar-refractivity contribution in [1.29, 1.82) is 0 Å². The molecular weight excluding hydrogens is 347 g/mol. The van der Waals surface area contributed by atoms with E-state index < -0.39 is 0 Å². The van der Waals surface area contributed by atoms with E-state index in [1.807, 2.05) is 30.3 Å². The third-order valence-electron chi connectivity index (χ3n) is 3.73. The van der Waals surface area contributed by atoms with Crippen molar-refractivity contribution in [3.05, 3.63) is 75.8 Å². The molecule has 1 aliphatic rings. The predicted octanol–water partition coefficient (Wildman–Crippen LogP) is 4.01. The molecule has 0 spiro atoms. The molecule has 0 saturated carbocycles. The molecule has 0 aliphatic carbocycles. The second-order valence-electron chi connectivity index (χ2n) is 5.37. The monoisotopic (exact) mass is 360 g/mol. The molecule has 2 aromatic rings. The van der Waals surface area contributed by atoms with Gasteiger partial charge in [-0.1, -0.05) is 59.6 Å². The van der Waals surface area contributed by atoms with Gasteiger partial charge in [0, 0.05) is 16.1 Å². The Morgan fingerprint density at radius 2 is 1.92 bits per heavy atom. The summed E-state index contributed by atoms with van der Waals surface area (Å²) in [7, 11) is 0. The highest BCUT2D eigenvalue weighted by atomic mass is 35.5. The Bertz CT molecular complexity index is 806. The Kier molecular flexibility index (Phi) is 4.88. The largest absolute Gasteiger partial charge is 0.273 e. The van der Waals surface area contributed by atoms with E-state index in [0.29, 0.717) is 15.6 Å². The molecule has 0 radical (unpaired) electrons. The van der Waals surface area contributed by atoms with Crippen molar-refractivity contribution in [3.63, 3.8) is 0 Å². The molecule has 1 aliphatic heterocycles. The van der Waals surface area contributed by atoms with E-state index in [9.17, 15) is 9.59 Å². The van der Waals surface area contributed by atoms with Crippen LogP contribution in [0.2, 0.25) is 10.0 Å². The second kappa shape index (κ2) is 7.07. The topological polar surface area (TPSA) is 49.4 Å². The average molecular weight is 361 g/mol. The zero-order valence-electron chi connectivity index (χ0n) is 12.6. The van der Waals surface area contributed by atoms with Gasteiger partial charge in [0.2, 0.25) is 5.91 Å². The molecule has 1 unspecified atom stereocenters. The second-order valence-corrected chi connectivity index (χ2v) is 6.22. The van der Waals surface area contributed by atoms with Crippen LogP contribution in [0, 0.1) is 0 Å². The zero-order chi connectivity index (χ0) is 17.1. The van der Waals surface area contributed by atoms with Crippen molar-refractivity contribution in [2.24, 2.45) is 0 Å². The van der Waals surface area contributed by atoms with Crippen LogP contribution in [0.15, 0.2) is 54.6 Å². The number of hydrogen-bond acceptors (Lipinski definition) is 2. The maximum absolute atomic E-state index is 12.5. The number of carbonyl (C=O) groups excluding carboxylic acids is 2. The van der Waals surface area contributed by atoms with Crippen LogP contribution in [0.25, 0.3) is 6.08 Å². The lowest BCUT2D eigenvalue weighted by atomic mass is 10.0. The molecule has 1 heterocycles. The van der Waals surface area contributed by atoms with Crippen molar-refractivity contribution < 1.29 is 9.59 Å². The number of hydrazine groups is 1. The minimum absolute atomic E-state index is 0.185. The van der Waals surface area contributed by atoms with E-state index in [4.69, 9.17) is 23.2 Å². The molecule has 3 rings (SSSR count). The van der Waals surface area contributed by atoms with Crippen LogP contribution >= 0.6 is 23.2 Å². The maximum atomic E-state index is 12.5. The van der Waals surface area contributed by atoms with Crippen LogP contribution in [-0.2, 0) is 9.59 Å². The first-order valence-electron chi connectivity index (χ1n) is 7.35. The summed E-state index contributed by atoms with van der Waals surface area (Å²) in [5, 5.41) is 2.33. The van der Waals surface area contributed by atoms with Gasteiger partial charge in [0.25, 0.3) is 5.91 Å². The lowest BCUT2D eigenvalue weighted by molar-refractivity contribution is -0.133. The molecule has 6 heteroatoms. The first kappa shape index (κ1) is 16.6. The van der Waals surface area contributed by atoms with Crippen LogP contribution in [0.1, 0.15) is 23.6 Å². The number of rotatable bonds is 3. The number of hydrogen-bond donors (Lipinski definition) is 1. The molecule has 1 atom stereocenters. The van der Waals surface area contributed by atoms with Gasteiger partial charge in [-0.25, -0.2) is 5.01 Å². The molecule has 2 aromatic carbocycles. The third-order valence-corrected chi connectivity index (χ3v) is 4.29. The van der Waals surface area contributed by atoms with Gasteiger partial charge in [-0.2, -0.15) is 0 Å². The Morgan fingerprint density at radius 1 is 1.17 bits per heavy atom. The van der Waals surface area contributed by atoms with E-state index >= 15 is 0 Å². The first-order chi connectivity index (χ1) is 11.5. The minimum atomic E-state index is -0.323. The fourth-order valence-corrected chi connectivity index (χ4v) is 3.03. The highest BCUT2D eigenvalue weighted by molar-refractivity contribution is 6.35. The summed E-state index contributed by atoms with van der Waals surface area (Å²) in [5.41, 5.74) is 4.18. The highest BCUT2D eigenvalue weighted by Crippen LogP contribution is 2.28. The average Bonchev–Trinajstić information content (AvgIpc) is 2.96. The normalized spacial score (nSPS) is 17.3. The highest BCUT2D eigenvalue weighted by Gasteiger charge is 2.33. The van der Waals surface area contributed by atoms with E-state index in [0.717, 1.165) is 5.56 Å². The molecule has 1 saturated heterocycles. The number of nitrogens with one attached hydrogen (secondary N) is 1. The Morgan fingerprint density at radius 3 is 2.62 bits per heavy atom. The van der Waals surface area contributed by atoms with Gasteiger partial charge in [0.1, 0.15) is 0 Å². The van der Waals surface area contributed by atoms with Gasteiger partial charge in [-0.3, -0.25) is 15.0 Å². The quantitative estimate of drug-likeness (QED) is 0.840. The molecule has 0 aromatic heterocycles. The zero-order valence-corrected chi connectivity index (χ0v) is 14.1. The number of halogens is 2. The van der Waals surface area contributed by atoms with Gasteiger partial charge < -0.3 is 0 Å². The fourth-order valence-electron chi connectivity index (χ4n) is 2.55. The van der Waals surface area contributed by atoms with Crippen LogP contribution in [0.3, 0.4) is 0 Å². The smallest absolute Gasteiger partial charge is 0.265 e. The van der Waals surface area contributed by atoms with Gasteiger partial charge in [0.05, 0.1) is 12.5 Å². The minimum Gasteiger partial charge on any atom is -0.273 e. The summed E-state index contributed by atoms with van der Waals surface area (Å²) in [6.07, 6.45) is 3.23. The standard InChI is InChI=1S/C18H14Cl2N2O2/c19-14-8-6-12(15(20)10-14)7-9-18(24)22-16(11-17(23)21-22)13-4-2-1-3-5-13/h1-10,16H,11H2,(H,21,23)/b9-7+. The molecule has 1 fully saturated rings. The summed E-state index contributed by atoms with van der Waals surface area (Å²) in [5.74, 6) is -0.504. The molecular formula is C18H14Cl2N2O2. The lowest BCUT2D eigenvalue weighted by Crippen LogP contribution is -2.39. The molecule has 122 valence electrons. The Balaban J connectivity index is 1.80. The van der Waals surface area contributed by atoms with Gasteiger partial charge in [-0.15, -0.1) is 0 Å². The van der Waals surface area contributed by atoms with E-state index in [1.165, 1.54) is 11.1 Å². The Hall–Kier alpha value is -2.30. The molecule has 4 nitrogen and oxygen atoms in total. The van der Waals surface area contributed by atoms with Crippen molar-refractivity contribution in [2.45, 2.75) is 12.5 Å². The first-order valence-corrected chi connectivity index (χ1v) is 8.11. The van der Waals surface area contributed by atoms with Gasteiger partial charge in [-0.05, 0) is 29.3 Å². The predicted molar refractivity (Wildman–Crippen MR) is 94.3 cm³/mol. The number of amides is 2. The number of nitrogens with zero attached hydrogens (tertiary/aromatic N) is 1. The van der Waals surface area contributed by atoms with Gasteiger partial charge >= 0.3 is 0 Å². The molecule has 0 bridgehead atoms. The van der Waals surface area contributed by atoms with E-state index in [1.54, 1.807) is 24.3 Å². The van der Waals surface area contributed by atoms with E-state index in [-0.39, 0.29) is 24.3 Å². The molecule has 2 amide bonds. The fraction of sp³-hybridized carbons (Fsp3) is 0.111. The summed E-state index contributed by atoms with van der Waals surface area (Å²) in [6, 6.07) is 14.1. The summed E-state index contributed by atoms with van der Waals surface area (Å²) < 4.78 is 0. The van der Waals surface area contributed by atoms with Crippen LogP contribution in [0.5, 0.6) is 0 Å². The summed E-state index contributed by atoms with van der Waals surface area (Å²) in [4.78, 5) is 24.2. The number of benzene rings is 2. The van der Waals surface area contributed by atoms with Crippen LogP contribution in [-0.4, -0.2) is 16.8 Å². The summed E-state index contributed by atoms with van der Waals surface area (Å²) in [6.45, 7) is 0. The number of carbonyl (C=O) groups is 2. The van der Waals surface area contributed by atoms with Crippen LogP contribution < -0.4 is 5.43 Å². The van der Waals surface area contributed by atoms with E-state index in [2.05, 4.69) is 5.43 Å². The van der Waals surface area contributed by atoms with Crippen molar-refractivity contribution in [2.75, 3.05) is 0 Å². The molecule has 1 N–H and O–H groups in total. The van der Waals surface area contributed by atoms with Crippen molar-refractivity contribution >= 4 is 41.1 Å². The lowest BCUT2D eigenvalue weighted by Gasteiger charge is -2.22. The third kappa shape index (κ3) is 3.61. The maximum Gasteiger partial charge on any atom is 0.265 e. The summed E-state index contributed by atoms with van der Waals surface area (Å²) >= 11 is 11.9. The SMILES string of the molecule is O=C1CC(c2ccccc2)N(C(=O)/C=C/c2ccc(Cl)cc2Cl)N1. The Labute approximate surface area is 149 Å². The molecule has 24 heavy (non-hydrogen) atoms. The van der Waals surface area contributed by atoms with Crippen molar-refractivity contribution in [3.8, 4) is 0 Å².